The lowest BCUT2D eigenvalue weighted by Gasteiger charge is -2.42. The predicted molar refractivity (Wildman–Crippen MR) is 130 cm³/mol. The van der Waals surface area contributed by atoms with Crippen LogP contribution in [0, 0.1) is 0 Å². The Kier molecular flexibility index (Phi) is 6.32. The topological polar surface area (TPSA) is 186 Å². The van der Waals surface area contributed by atoms with Crippen molar-refractivity contribution in [3.8, 4) is 17.2 Å². The minimum absolute atomic E-state index is 0.0147. The molecule has 2 aromatic rings. The van der Waals surface area contributed by atoms with E-state index in [4.69, 9.17) is 19.9 Å². The van der Waals surface area contributed by atoms with Gasteiger partial charge in [-0.1, -0.05) is 12.1 Å². The van der Waals surface area contributed by atoms with Crippen molar-refractivity contribution in [2.45, 2.75) is 69.4 Å². The maximum Gasteiger partial charge on any atom is 0.202 e. The van der Waals surface area contributed by atoms with Crippen LogP contribution in [0.3, 0.4) is 0 Å². The second-order valence-electron chi connectivity index (χ2n) is 10.1. The van der Waals surface area contributed by atoms with Crippen LogP contribution in [0.15, 0.2) is 18.2 Å². The summed E-state index contributed by atoms with van der Waals surface area (Å²) in [6.45, 7) is 2.79. The summed E-state index contributed by atoms with van der Waals surface area (Å²) in [5, 5.41) is 44.1. The highest BCUT2D eigenvalue weighted by atomic mass is 16.7. The molecule has 11 nitrogen and oxygen atoms in total. The quantitative estimate of drug-likeness (QED) is 0.305. The number of hydrogen-bond acceptors (Lipinski definition) is 11. The zero-order valence-electron chi connectivity index (χ0n) is 21.1. The predicted octanol–water partition coefficient (Wildman–Crippen LogP) is 1.03. The number of hydrogen-bond donors (Lipinski definition) is 5. The van der Waals surface area contributed by atoms with Gasteiger partial charge in [0.05, 0.1) is 42.1 Å². The lowest BCUT2D eigenvalue weighted by Crippen LogP contribution is -2.52. The Bertz CT molecular complexity index is 1360. The van der Waals surface area contributed by atoms with Crippen molar-refractivity contribution in [2.24, 2.45) is 5.73 Å². The molecule has 0 bridgehead atoms. The molecular weight excluding hydrogens is 498 g/mol. The van der Waals surface area contributed by atoms with Gasteiger partial charge in [0.15, 0.2) is 17.9 Å². The molecule has 0 aromatic heterocycles. The summed E-state index contributed by atoms with van der Waals surface area (Å²) in [7, 11) is 1.34. The maximum absolute atomic E-state index is 13.6. The Morgan fingerprint density at radius 1 is 1.13 bits per heavy atom. The van der Waals surface area contributed by atoms with Gasteiger partial charge in [-0.05, 0) is 19.9 Å². The molecule has 38 heavy (non-hydrogen) atoms. The van der Waals surface area contributed by atoms with Crippen molar-refractivity contribution in [1.29, 1.82) is 0 Å². The number of ketones is 3. The number of fused-ring (bicyclic) bond motifs is 3. The molecule has 0 saturated carbocycles. The number of Topliss-reactive ketones (excluding diaryl/α,β-unsaturated/α-hetero) is 1. The first-order valence-corrected chi connectivity index (χ1v) is 12.2. The van der Waals surface area contributed by atoms with E-state index >= 15 is 0 Å². The number of rotatable bonds is 4. The fourth-order valence-electron chi connectivity index (χ4n) is 5.66. The number of methoxy groups -OCH3 is 1. The first-order chi connectivity index (χ1) is 17.9. The smallest absolute Gasteiger partial charge is 0.202 e. The highest BCUT2D eigenvalue weighted by Crippen LogP contribution is 2.52. The van der Waals surface area contributed by atoms with E-state index in [9.17, 15) is 34.8 Å². The average Bonchev–Trinajstić information content (AvgIpc) is 2.87. The third kappa shape index (κ3) is 3.81. The van der Waals surface area contributed by atoms with E-state index in [1.165, 1.54) is 32.2 Å². The van der Waals surface area contributed by atoms with Gasteiger partial charge in [-0.15, -0.1) is 0 Å². The zero-order chi connectivity index (χ0) is 27.7. The number of aromatic hydroxyl groups is 2. The largest absolute Gasteiger partial charge is 0.507 e. The molecule has 1 saturated heterocycles. The Morgan fingerprint density at radius 3 is 2.45 bits per heavy atom. The number of carbonyl (C=O) groups excluding carboxylic acids is 3. The van der Waals surface area contributed by atoms with Gasteiger partial charge in [-0.2, -0.15) is 0 Å². The van der Waals surface area contributed by atoms with Crippen LogP contribution in [-0.2, 0) is 20.7 Å². The highest BCUT2D eigenvalue weighted by molar-refractivity contribution is 6.31. The number of benzene rings is 2. The molecule has 3 aliphatic rings. The van der Waals surface area contributed by atoms with E-state index < -0.39 is 82.6 Å². The maximum atomic E-state index is 13.6. The van der Waals surface area contributed by atoms with E-state index in [0.29, 0.717) is 0 Å². The molecule has 1 unspecified atom stereocenters. The van der Waals surface area contributed by atoms with Gasteiger partial charge in [0.1, 0.15) is 22.8 Å². The van der Waals surface area contributed by atoms with Crippen molar-refractivity contribution in [1.82, 2.24) is 0 Å². The number of aliphatic hydroxyl groups is 2. The molecule has 11 heteroatoms. The van der Waals surface area contributed by atoms with Crippen LogP contribution in [0.1, 0.15) is 75.8 Å². The summed E-state index contributed by atoms with van der Waals surface area (Å²) < 4.78 is 17.1. The number of aliphatic hydroxyl groups excluding tert-OH is 1. The molecule has 2 aromatic carbocycles. The molecule has 202 valence electrons. The lowest BCUT2D eigenvalue weighted by molar-refractivity contribution is -0.247. The van der Waals surface area contributed by atoms with Crippen LogP contribution in [-0.4, -0.2) is 75.0 Å². The molecule has 0 amide bonds. The Balaban J connectivity index is 1.68. The standard InChI is InChI=1S/C27H29NO10/c1-10-22(30)14(28)7-17(37-10)38-16-9-27(35,11(2)29)8-13-19(16)26(34)21-20(24(13)32)23(31)12-5-4-6-15(36-3)18(12)25(21)33/h4-6,10,14,16-17,22,30,32,34-35H,7-9,28H2,1-3H3/t10-,14-,16-,17?,22+,27+/m0/s1. The molecule has 6 N–H and O–H groups in total. The number of carbonyl (C=O) groups is 3. The summed E-state index contributed by atoms with van der Waals surface area (Å²) in [4.78, 5) is 39.6. The van der Waals surface area contributed by atoms with Crippen molar-refractivity contribution < 1.29 is 49.0 Å². The van der Waals surface area contributed by atoms with Crippen LogP contribution in [0.4, 0.5) is 0 Å². The third-order valence-corrected chi connectivity index (χ3v) is 7.80. The van der Waals surface area contributed by atoms with Crippen LogP contribution in [0.5, 0.6) is 17.2 Å². The van der Waals surface area contributed by atoms with E-state index in [-0.39, 0.29) is 40.8 Å². The Hall–Kier alpha value is -3.35. The van der Waals surface area contributed by atoms with Gasteiger partial charge in [0, 0.05) is 42.0 Å². The molecule has 6 atom stereocenters. The first kappa shape index (κ1) is 26.3. The average molecular weight is 528 g/mol. The van der Waals surface area contributed by atoms with Crippen molar-refractivity contribution >= 4 is 17.3 Å². The van der Waals surface area contributed by atoms with E-state index in [1.807, 2.05) is 0 Å². The summed E-state index contributed by atoms with van der Waals surface area (Å²) in [5.74, 6) is -3.18. The van der Waals surface area contributed by atoms with Crippen LogP contribution < -0.4 is 10.5 Å². The van der Waals surface area contributed by atoms with Crippen LogP contribution in [0.25, 0.3) is 0 Å². The van der Waals surface area contributed by atoms with Gasteiger partial charge in [0.2, 0.25) is 5.78 Å². The van der Waals surface area contributed by atoms with E-state index in [0.717, 1.165) is 0 Å². The minimum Gasteiger partial charge on any atom is -0.507 e. The van der Waals surface area contributed by atoms with Crippen molar-refractivity contribution in [3.05, 3.63) is 51.6 Å². The van der Waals surface area contributed by atoms with Crippen molar-refractivity contribution in [3.63, 3.8) is 0 Å². The van der Waals surface area contributed by atoms with Crippen LogP contribution >= 0.6 is 0 Å². The molecule has 5 rings (SSSR count). The molecule has 2 aliphatic carbocycles. The zero-order valence-corrected chi connectivity index (χ0v) is 21.1. The van der Waals surface area contributed by atoms with Crippen LogP contribution in [0.2, 0.25) is 0 Å². The molecule has 1 heterocycles. The SMILES string of the molecule is COc1cccc2c1C(=O)c1c(O)c3c(c(O)c1C2=O)C[C@](O)(C(C)=O)C[C@@H]3OC1C[C@H](N)[C@H](O)[C@H](C)O1. The fraction of sp³-hybridized carbons (Fsp3) is 0.444. The molecule has 0 radical (unpaired) electrons. The van der Waals surface area contributed by atoms with Crippen molar-refractivity contribution in [2.75, 3.05) is 7.11 Å². The third-order valence-electron chi connectivity index (χ3n) is 7.80. The second-order valence-corrected chi connectivity index (χ2v) is 10.1. The summed E-state index contributed by atoms with van der Waals surface area (Å²) in [6.07, 6.45) is -4.53. The van der Waals surface area contributed by atoms with Gasteiger partial charge in [0.25, 0.3) is 0 Å². The lowest BCUT2D eigenvalue weighted by atomic mass is 9.72. The Labute approximate surface area is 217 Å². The van der Waals surface area contributed by atoms with Gasteiger partial charge < -0.3 is 40.4 Å². The monoisotopic (exact) mass is 527 g/mol. The number of phenolic OH excluding ortho intramolecular Hbond substituents is 2. The first-order valence-electron chi connectivity index (χ1n) is 12.2. The van der Waals surface area contributed by atoms with Gasteiger partial charge in [-0.3, -0.25) is 14.4 Å². The second kappa shape index (κ2) is 9.14. The number of phenols is 2. The minimum atomic E-state index is -2.00. The van der Waals surface area contributed by atoms with Gasteiger partial charge >= 0.3 is 0 Å². The molecule has 1 aliphatic heterocycles. The molecular formula is C27H29NO10. The Morgan fingerprint density at radius 2 is 1.82 bits per heavy atom. The summed E-state index contributed by atoms with van der Waals surface area (Å²) in [5.41, 5.74) is 2.97. The normalized spacial score (nSPS) is 30.3. The summed E-state index contributed by atoms with van der Waals surface area (Å²) in [6, 6.07) is 3.75. The van der Waals surface area contributed by atoms with E-state index in [1.54, 1.807) is 6.92 Å². The molecule has 1 fully saturated rings. The number of nitrogens with two attached hydrogens (primary N) is 1. The summed E-state index contributed by atoms with van der Waals surface area (Å²) >= 11 is 0. The van der Waals surface area contributed by atoms with E-state index in [2.05, 4.69) is 0 Å². The highest BCUT2D eigenvalue weighted by Gasteiger charge is 2.49. The van der Waals surface area contributed by atoms with Gasteiger partial charge in [-0.25, -0.2) is 0 Å². The number of ether oxygens (including phenoxy) is 3. The molecule has 0 spiro atoms. The fourth-order valence-corrected chi connectivity index (χ4v) is 5.66.